The molecule has 1 aliphatic carbocycles. The number of carboxylic acids is 1. The normalized spacial score (nSPS) is 28.9. The highest BCUT2D eigenvalue weighted by molar-refractivity contribution is 5.79. The fraction of sp³-hybridized carbons (Fsp3) is 0.900. The van der Waals surface area contributed by atoms with Gasteiger partial charge in [-0.25, -0.2) is 0 Å². The first kappa shape index (κ1) is 12.2. The second-order valence-corrected chi connectivity index (χ2v) is 4.72. The summed E-state index contributed by atoms with van der Waals surface area (Å²) in [6.45, 7) is 2.10. The van der Waals surface area contributed by atoms with Gasteiger partial charge in [0, 0.05) is 37.1 Å². The molecule has 1 unspecified atom stereocenters. The van der Waals surface area contributed by atoms with E-state index in [4.69, 9.17) is 5.53 Å². The Labute approximate surface area is 99.4 Å². The van der Waals surface area contributed by atoms with E-state index in [1.807, 2.05) is 0 Å². The molecule has 1 saturated carbocycles. The van der Waals surface area contributed by atoms with Gasteiger partial charge in [0.05, 0.1) is 0 Å². The number of hydrogen-bond donors (Lipinski definition) is 2. The number of azide groups is 1. The van der Waals surface area contributed by atoms with Crippen LogP contribution in [0.25, 0.3) is 10.4 Å². The van der Waals surface area contributed by atoms with Crippen molar-refractivity contribution in [1.82, 2.24) is 10.2 Å². The van der Waals surface area contributed by atoms with Crippen LogP contribution in [-0.4, -0.2) is 53.7 Å². The van der Waals surface area contributed by atoms with Gasteiger partial charge in [0.1, 0.15) is 5.54 Å². The van der Waals surface area contributed by atoms with E-state index < -0.39 is 11.5 Å². The van der Waals surface area contributed by atoms with Crippen molar-refractivity contribution in [3.63, 3.8) is 0 Å². The second kappa shape index (κ2) is 4.91. The third-order valence-electron chi connectivity index (χ3n) is 3.51. The van der Waals surface area contributed by atoms with E-state index in [9.17, 15) is 9.90 Å². The van der Waals surface area contributed by atoms with Crippen LogP contribution in [-0.2, 0) is 4.79 Å². The van der Waals surface area contributed by atoms with Gasteiger partial charge in [-0.05, 0) is 24.8 Å². The van der Waals surface area contributed by atoms with E-state index in [1.54, 1.807) is 0 Å². The number of nitrogens with zero attached hydrogens (tertiary/aromatic N) is 4. The van der Waals surface area contributed by atoms with Gasteiger partial charge in [0.2, 0.25) is 0 Å². The van der Waals surface area contributed by atoms with Crippen molar-refractivity contribution in [2.75, 3.05) is 26.2 Å². The van der Waals surface area contributed by atoms with Crippen LogP contribution in [0.15, 0.2) is 5.11 Å². The van der Waals surface area contributed by atoms with Crippen molar-refractivity contribution in [1.29, 1.82) is 0 Å². The van der Waals surface area contributed by atoms with Gasteiger partial charge in [-0.15, -0.1) is 0 Å². The summed E-state index contributed by atoms with van der Waals surface area (Å²) in [5.41, 5.74) is 7.31. The summed E-state index contributed by atoms with van der Waals surface area (Å²) in [6, 6.07) is 0.593. The fourth-order valence-corrected chi connectivity index (χ4v) is 2.38. The summed E-state index contributed by atoms with van der Waals surface area (Å²) in [6.07, 6.45) is 3.00. The molecule has 2 rings (SSSR count). The van der Waals surface area contributed by atoms with Crippen molar-refractivity contribution >= 4 is 5.97 Å². The molecule has 0 aromatic rings. The molecule has 2 fully saturated rings. The maximum atomic E-state index is 11.4. The highest BCUT2D eigenvalue weighted by Gasteiger charge is 2.47. The van der Waals surface area contributed by atoms with Gasteiger partial charge >= 0.3 is 5.97 Å². The van der Waals surface area contributed by atoms with E-state index in [-0.39, 0.29) is 6.54 Å². The first-order valence-electron chi connectivity index (χ1n) is 5.91. The standard InChI is InChI=1S/C10H17N5O2/c11-14-13-5-4-12-10(9(16)17)3-6-15(7-10)8-1-2-8/h8,12H,1-7H2,(H,16,17). The lowest BCUT2D eigenvalue weighted by molar-refractivity contribution is -0.144. The first-order valence-corrected chi connectivity index (χ1v) is 5.91. The van der Waals surface area contributed by atoms with Crippen molar-refractivity contribution in [3.05, 3.63) is 10.4 Å². The van der Waals surface area contributed by atoms with Crippen molar-refractivity contribution in [3.8, 4) is 0 Å². The Bertz CT molecular complexity index is 351. The summed E-state index contributed by atoms with van der Waals surface area (Å²) < 4.78 is 0. The Morgan fingerprint density at radius 2 is 2.41 bits per heavy atom. The Hall–Kier alpha value is -1.30. The molecular weight excluding hydrogens is 222 g/mol. The fourth-order valence-electron chi connectivity index (χ4n) is 2.38. The average Bonchev–Trinajstić information content (AvgIpc) is 3.06. The van der Waals surface area contributed by atoms with Crippen LogP contribution in [0.2, 0.25) is 0 Å². The molecule has 0 amide bonds. The van der Waals surface area contributed by atoms with Gasteiger partial charge in [-0.3, -0.25) is 9.69 Å². The largest absolute Gasteiger partial charge is 0.480 e. The highest BCUT2D eigenvalue weighted by atomic mass is 16.4. The Morgan fingerprint density at radius 1 is 1.65 bits per heavy atom. The van der Waals surface area contributed by atoms with Crippen molar-refractivity contribution in [2.24, 2.45) is 5.11 Å². The number of hydrogen-bond acceptors (Lipinski definition) is 4. The molecule has 0 radical (unpaired) electrons. The third-order valence-corrected chi connectivity index (χ3v) is 3.51. The maximum absolute atomic E-state index is 11.4. The lowest BCUT2D eigenvalue weighted by Crippen LogP contribution is -2.54. The third kappa shape index (κ3) is 2.69. The van der Waals surface area contributed by atoms with Crippen LogP contribution in [0.3, 0.4) is 0 Å². The van der Waals surface area contributed by atoms with Crippen LogP contribution >= 0.6 is 0 Å². The lowest BCUT2D eigenvalue weighted by atomic mass is 9.99. The molecule has 0 aromatic heterocycles. The summed E-state index contributed by atoms with van der Waals surface area (Å²) in [4.78, 5) is 16.3. The summed E-state index contributed by atoms with van der Waals surface area (Å²) in [7, 11) is 0. The van der Waals surface area contributed by atoms with Crippen LogP contribution in [0.4, 0.5) is 0 Å². The van der Waals surface area contributed by atoms with E-state index in [1.165, 1.54) is 12.8 Å². The number of aliphatic carboxylic acids is 1. The minimum absolute atomic E-state index is 0.287. The Kier molecular flexibility index (Phi) is 3.51. The van der Waals surface area contributed by atoms with Crippen LogP contribution in [0, 0.1) is 0 Å². The number of likely N-dealkylation sites (tertiary alicyclic amines) is 1. The van der Waals surface area contributed by atoms with Gasteiger partial charge in [-0.1, -0.05) is 5.11 Å². The van der Waals surface area contributed by atoms with E-state index in [2.05, 4.69) is 20.2 Å². The molecule has 0 aromatic carbocycles. The molecule has 0 spiro atoms. The van der Waals surface area contributed by atoms with Gasteiger partial charge in [-0.2, -0.15) is 0 Å². The SMILES string of the molecule is [N-]=[N+]=NCCNC1(C(=O)O)CCN(C2CC2)C1. The zero-order chi connectivity index (χ0) is 12.3. The smallest absolute Gasteiger partial charge is 0.325 e. The summed E-state index contributed by atoms with van der Waals surface area (Å²) in [5.74, 6) is -0.804. The second-order valence-electron chi connectivity index (χ2n) is 4.72. The van der Waals surface area contributed by atoms with Crippen LogP contribution < -0.4 is 5.32 Å². The van der Waals surface area contributed by atoms with Crippen molar-refractivity contribution in [2.45, 2.75) is 30.8 Å². The molecule has 1 saturated heterocycles. The zero-order valence-corrected chi connectivity index (χ0v) is 9.67. The van der Waals surface area contributed by atoms with E-state index in [0.29, 0.717) is 25.6 Å². The number of rotatable bonds is 6. The quantitative estimate of drug-likeness (QED) is 0.306. The minimum atomic E-state index is -0.854. The molecule has 17 heavy (non-hydrogen) atoms. The number of nitrogens with one attached hydrogen (secondary N) is 1. The average molecular weight is 239 g/mol. The van der Waals surface area contributed by atoms with E-state index >= 15 is 0 Å². The molecule has 1 heterocycles. The first-order chi connectivity index (χ1) is 8.18. The van der Waals surface area contributed by atoms with E-state index in [0.717, 1.165) is 6.54 Å². The summed E-state index contributed by atoms with van der Waals surface area (Å²) in [5, 5.41) is 15.8. The molecule has 1 aliphatic heterocycles. The molecule has 7 nitrogen and oxygen atoms in total. The molecule has 0 bridgehead atoms. The number of carbonyl (C=O) groups is 1. The minimum Gasteiger partial charge on any atom is -0.480 e. The Morgan fingerprint density at radius 3 is 3.00 bits per heavy atom. The maximum Gasteiger partial charge on any atom is 0.325 e. The highest BCUT2D eigenvalue weighted by Crippen LogP contribution is 2.33. The van der Waals surface area contributed by atoms with Crippen LogP contribution in [0.1, 0.15) is 19.3 Å². The van der Waals surface area contributed by atoms with Gasteiger partial charge in [0.15, 0.2) is 0 Å². The molecular formula is C10H17N5O2. The predicted octanol–water partition coefficient (Wildman–Crippen LogP) is 0.578. The Balaban J connectivity index is 1.91. The van der Waals surface area contributed by atoms with Gasteiger partial charge in [0.25, 0.3) is 0 Å². The topological polar surface area (TPSA) is 101 Å². The van der Waals surface area contributed by atoms with Crippen molar-refractivity contribution < 1.29 is 9.90 Å². The predicted molar refractivity (Wildman–Crippen MR) is 61.6 cm³/mol. The molecule has 7 heteroatoms. The summed E-state index contributed by atoms with van der Waals surface area (Å²) >= 11 is 0. The van der Waals surface area contributed by atoms with Gasteiger partial charge < -0.3 is 10.4 Å². The lowest BCUT2D eigenvalue weighted by Gasteiger charge is -2.26. The molecule has 2 N–H and O–H groups in total. The van der Waals surface area contributed by atoms with Crippen LogP contribution in [0.5, 0.6) is 0 Å². The monoisotopic (exact) mass is 239 g/mol. The molecule has 2 aliphatic rings. The number of carboxylic acid groups (broad SMARTS) is 1. The molecule has 94 valence electrons. The zero-order valence-electron chi connectivity index (χ0n) is 9.67. The molecule has 1 atom stereocenters.